The molecule has 2 aromatic rings. The molecule has 0 bridgehead atoms. The Bertz CT molecular complexity index is 871. The van der Waals surface area contributed by atoms with Crippen molar-refractivity contribution in [1.82, 2.24) is 20.1 Å². The van der Waals surface area contributed by atoms with Gasteiger partial charge in [-0.2, -0.15) is 10.1 Å². The molecule has 1 aromatic carbocycles. The van der Waals surface area contributed by atoms with E-state index in [4.69, 9.17) is 0 Å². The lowest BCUT2D eigenvalue weighted by Crippen LogP contribution is -2.37. The SMILES string of the molecule is Cn1nc(C2CCNCC2)nc1NC(=O)CCN1C(=O)CCc2ccccc21. The van der Waals surface area contributed by atoms with Crippen molar-refractivity contribution in [3.8, 4) is 0 Å². The predicted molar refractivity (Wildman–Crippen MR) is 106 cm³/mol. The third kappa shape index (κ3) is 3.91. The number of fused-ring (bicyclic) bond motifs is 1. The second-order valence-electron chi connectivity index (χ2n) is 7.41. The Morgan fingerprint density at radius 3 is 2.86 bits per heavy atom. The molecule has 0 radical (unpaired) electrons. The van der Waals surface area contributed by atoms with Crippen molar-refractivity contribution < 1.29 is 9.59 Å². The molecule has 0 spiro atoms. The number of aryl methyl sites for hydroxylation is 2. The minimum Gasteiger partial charge on any atom is -0.317 e. The Morgan fingerprint density at radius 2 is 2.04 bits per heavy atom. The first-order valence-electron chi connectivity index (χ1n) is 9.91. The normalized spacial score (nSPS) is 17.5. The average molecular weight is 382 g/mol. The summed E-state index contributed by atoms with van der Waals surface area (Å²) >= 11 is 0. The van der Waals surface area contributed by atoms with E-state index in [0.717, 1.165) is 49.4 Å². The molecule has 2 aliphatic heterocycles. The van der Waals surface area contributed by atoms with E-state index in [2.05, 4.69) is 20.7 Å². The highest BCUT2D eigenvalue weighted by molar-refractivity contribution is 5.97. The van der Waals surface area contributed by atoms with Crippen LogP contribution in [0.2, 0.25) is 0 Å². The summed E-state index contributed by atoms with van der Waals surface area (Å²) in [6.07, 6.45) is 3.48. The lowest BCUT2D eigenvalue weighted by atomic mass is 9.98. The summed E-state index contributed by atoms with van der Waals surface area (Å²) in [7, 11) is 1.79. The van der Waals surface area contributed by atoms with Gasteiger partial charge >= 0.3 is 0 Å². The monoisotopic (exact) mass is 382 g/mol. The largest absolute Gasteiger partial charge is 0.317 e. The number of carbonyl (C=O) groups excluding carboxylic acids is 2. The predicted octanol–water partition coefficient (Wildman–Crippen LogP) is 1.59. The fourth-order valence-electron chi connectivity index (χ4n) is 3.91. The van der Waals surface area contributed by atoms with E-state index in [1.807, 2.05) is 24.3 Å². The van der Waals surface area contributed by atoms with Crippen LogP contribution in [0.15, 0.2) is 24.3 Å². The van der Waals surface area contributed by atoms with Crippen LogP contribution in [-0.2, 0) is 23.1 Å². The number of rotatable bonds is 5. The Labute approximate surface area is 164 Å². The van der Waals surface area contributed by atoms with Crippen molar-refractivity contribution in [3.63, 3.8) is 0 Å². The first-order valence-corrected chi connectivity index (χ1v) is 9.91. The molecule has 0 atom stereocenters. The van der Waals surface area contributed by atoms with Crippen molar-refractivity contribution in [2.75, 3.05) is 29.9 Å². The number of aromatic nitrogens is 3. The molecule has 0 aliphatic carbocycles. The molecule has 0 saturated carbocycles. The Kier molecular flexibility index (Phi) is 5.38. The smallest absolute Gasteiger partial charge is 0.228 e. The Morgan fingerprint density at radius 1 is 1.25 bits per heavy atom. The molecule has 2 aliphatic rings. The van der Waals surface area contributed by atoms with Crippen LogP contribution in [0, 0.1) is 0 Å². The summed E-state index contributed by atoms with van der Waals surface area (Å²) in [4.78, 5) is 31.0. The summed E-state index contributed by atoms with van der Waals surface area (Å²) in [5.41, 5.74) is 2.07. The van der Waals surface area contributed by atoms with Crippen LogP contribution in [0.4, 0.5) is 11.6 Å². The number of hydrogen-bond donors (Lipinski definition) is 2. The number of piperidine rings is 1. The second-order valence-corrected chi connectivity index (χ2v) is 7.41. The van der Waals surface area contributed by atoms with E-state index in [9.17, 15) is 9.59 Å². The molecule has 1 aromatic heterocycles. The second kappa shape index (κ2) is 8.10. The standard InChI is InChI=1S/C20H26N6O2/c1-25-20(23-19(24-25)15-8-11-21-12-9-15)22-17(27)10-13-26-16-5-3-2-4-14(16)6-7-18(26)28/h2-5,15,21H,6-13H2,1H3,(H,22,23,24,27). The fourth-order valence-corrected chi connectivity index (χ4v) is 3.91. The number of anilines is 2. The van der Waals surface area contributed by atoms with Crippen molar-refractivity contribution >= 4 is 23.5 Å². The molecule has 2 N–H and O–H groups in total. The summed E-state index contributed by atoms with van der Waals surface area (Å²) < 4.78 is 1.62. The van der Waals surface area contributed by atoms with Gasteiger partial charge in [0.25, 0.3) is 0 Å². The molecule has 8 heteroatoms. The number of para-hydroxylation sites is 1. The first-order chi connectivity index (χ1) is 13.6. The van der Waals surface area contributed by atoms with E-state index < -0.39 is 0 Å². The Balaban J connectivity index is 1.37. The van der Waals surface area contributed by atoms with E-state index >= 15 is 0 Å². The molecule has 1 saturated heterocycles. The molecular weight excluding hydrogens is 356 g/mol. The highest BCUT2D eigenvalue weighted by Crippen LogP contribution is 2.27. The van der Waals surface area contributed by atoms with Crippen LogP contribution in [-0.4, -0.2) is 46.2 Å². The summed E-state index contributed by atoms with van der Waals surface area (Å²) in [6, 6.07) is 7.88. The van der Waals surface area contributed by atoms with Gasteiger partial charge in [0.1, 0.15) is 0 Å². The summed E-state index contributed by atoms with van der Waals surface area (Å²) in [5.74, 6) is 1.49. The summed E-state index contributed by atoms with van der Waals surface area (Å²) in [5, 5.41) is 10.7. The van der Waals surface area contributed by atoms with Gasteiger partial charge in [0.2, 0.25) is 17.8 Å². The van der Waals surface area contributed by atoms with E-state index in [-0.39, 0.29) is 18.2 Å². The van der Waals surface area contributed by atoms with Gasteiger partial charge in [-0.15, -0.1) is 0 Å². The molecule has 8 nitrogen and oxygen atoms in total. The zero-order valence-electron chi connectivity index (χ0n) is 16.1. The molecule has 2 amide bonds. The number of hydrogen-bond acceptors (Lipinski definition) is 5. The van der Waals surface area contributed by atoms with Crippen LogP contribution < -0.4 is 15.5 Å². The highest BCUT2D eigenvalue weighted by atomic mass is 16.2. The van der Waals surface area contributed by atoms with Crippen molar-refractivity contribution in [2.24, 2.45) is 7.05 Å². The molecule has 0 unspecified atom stereocenters. The fraction of sp³-hybridized carbons (Fsp3) is 0.500. The molecule has 28 heavy (non-hydrogen) atoms. The van der Waals surface area contributed by atoms with Crippen molar-refractivity contribution in [1.29, 1.82) is 0 Å². The molecule has 4 rings (SSSR count). The average Bonchev–Trinajstić information content (AvgIpc) is 3.08. The minimum absolute atomic E-state index is 0.0679. The van der Waals surface area contributed by atoms with Gasteiger partial charge in [0.05, 0.1) is 0 Å². The lowest BCUT2D eigenvalue weighted by molar-refractivity contribution is -0.119. The number of amides is 2. The highest BCUT2D eigenvalue weighted by Gasteiger charge is 2.25. The molecule has 3 heterocycles. The maximum absolute atomic E-state index is 12.5. The summed E-state index contributed by atoms with van der Waals surface area (Å²) in [6.45, 7) is 2.30. The number of carbonyl (C=O) groups is 2. The molecule has 148 valence electrons. The maximum atomic E-state index is 12.5. The number of nitrogens with zero attached hydrogens (tertiary/aromatic N) is 4. The van der Waals surface area contributed by atoms with E-state index in [0.29, 0.717) is 24.8 Å². The lowest BCUT2D eigenvalue weighted by Gasteiger charge is -2.29. The first kappa shape index (κ1) is 18.6. The number of benzene rings is 1. The number of nitrogens with one attached hydrogen (secondary N) is 2. The third-order valence-electron chi connectivity index (χ3n) is 5.49. The quantitative estimate of drug-likeness (QED) is 0.819. The van der Waals surface area contributed by atoms with E-state index in [1.165, 1.54) is 0 Å². The van der Waals surface area contributed by atoms with E-state index in [1.54, 1.807) is 16.6 Å². The minimum atomic E-state index is -0.164. The van der Waals surface area contributed by atoms with Crippen LogP contribution in [0.25, 0.3) is 0 Å². The van der Waals surface area contributed by atoms with Gasteiger partial charge < -0.3 is 10.2 Å². The topological polar surface area (TPSA) is 92.2 Å². The van der Waals surface area contributed by atoms with Crippen LogP contribution in [0.3, 0.4) is 0 Å². The van der Waals surface area contributed by atoms with Gasteiger partial charge in [0, 0.05) is 38.0 Å². The van der Waals surface area contributed by atoms with Crippen LogP contribution in [0.5, 0.6) is 0 Å². The third-order valence-corrected chi connectivity index (χ3v) is 5.49. The van der Waals surface area contributed by atoms with Gasteiger partial charge in [-0.05, 0) is 44.0 Å². The zero-order valence-corrected chi connectivity index (χ0v) is 16.1. The maximum Gasteiger partial charge on any atom is 0.228 e. The molecular formula is C20H26N6O2. The van der Waals surface area contributed by atoms with Crippen LogP contribution >= 0.6 is 0 Å². The Hall–Kier alpha value is -2.74. The van der Waals surface area contributed by atoms with Gasteiger partial charge in [-0.3, -0.25) is 14.9 Å². The van der Waals surface area contributed by atoms with Gasteiger partial charge in [0.15, 0.2) is 5.82 Å². The van der Waals surface area contributed by atoms with Gasteiger partial charge in [-0.25, -0.2) is 4.68 Å². The zero-order chi connectivity index (χ0) is 19.5. The van der Waals surface area contributed by atoms with Crippen LogP contribution in [0.1, 0.15) is 43.0 Å². The van der Waals surface area contributed by atoms with Crippen molar-refractivity contribution in [3.05, 3.63) is 35.7 Å². The van der Waals surface area contributed by atoms with Crippen molar-refractivity contribution in [2.45, 2.75) is 38.0 Å². The van der Waals surface area contributed by atoms with Gasteiger partial charge in [-0.1, -0.05) is 18.2 Å². The molecule has 1 fully saturated rings.